The second-order valence-electron chi connectivity index (χ2n) is 9.30. The quantitative estimate of drug-likeness (QED) is 0.627. The van der Waals surface area contributed by atoms with Crippen molar-refractivity contribution in [3.05, 3.63) is 41.2 Å². The lowest BCUT2D eigenvalue weighted by Crippen LogP contribution is -2.23. The fraction of sp³-hybridized carbons (Fsp3) is 0.640. The van der Waals surface area contributed by atoms with Crippen LogP contribution in [0.5, 0.6) is 5.75 Å². The maximum Gasteiger partial charge on any atom is 0.119 e. The van der Waals surface area contributed by atoms with Crippen LogP contribution in [0.1, 0.15) is 74.2 Å². The van der Waals surface area contributed by atoms with Gasteiger partial charge in [-0.15, -0.1) is 0 Å². The predicted molar refractivity (Wildman–Crippen MR) is 117 cm³/mol. The third kappa shape index (κ3) is 3.96. The van der Waals surface area contributed by atoms with Crippen molar-refractivity contribution in [1.82, 2.24) is 14.7 Å². The molecule has 1 saturated heterocycles. The fourth-order valence-corrected chi connectivity index (χ4v) is 5.83. The van der Waals surface area contributed by atoms with Crippen molar-refractivity contribution >= 4 is 0 Å². The maximum atomic E-state index is 5.98. The summed E-state index contributed by atoms with van der Waals surface area (Å²) in [6, 6.07) is 8.54. The minimum absolute atomic E-state index is 0.700. The molecule has 0 radical (unpaired) electrons. The Bertz CT molecular complexity index is 819. The van der Waals surface area contributed by atoms with Gasteiger partial charge in [0, 0.05) is 18.2 Å². The highest BCUT2D eigenvalue weighted by molar-refractivity contribution is 5.42. The zero-order chi connectivity index (χ0) is 19.6. The smallest absolute Gasteiger partial charge is 0.119 e. The van der Waals surface area contributed by atoms with Crippen molar-refractivity contribution in [1.29, 1.82) is 0 Å². The minimum Gasteiger partial charge on any atom is -0.494 e. The molecular formula is C25H35N3O. The van der Waals surface area contributed by atoms with Crippen LogP contribution in [-0.2, 0) is 6.42 Å². The fourth-order valence-electron chi connectivity index (χ4n) is 5.83. The van der Waals surface area contributed by atoms with Crippen LogP contribution in [0, 0.1) is 12.8 Å². The zero-order valence-corrected chi connectivity index (χ0v) is 17.9. The lowest BCUT2D eigenvalue weighted by molar-refractivity contribution is 0.263. The highest BCUT2D eigenvalue weighted by Gasteiger charge is 2.35. The van der Waals surface area contributed by atoms with Gasteiger partial charge in [-0.05, 0) is 101 Å². The van der Waals surface area contributed by atoms with E-state index in [4.69, 9.17) is 9.84 Å². The molecule has 3 aliphatic rings. The molecule has 2 aliphatic carbocycles. The molecule has 0 N–H and O–H groups in total. The summed E-state index contributed by atoms with van der Waals surface area (Å²) in [7, 11) is 0. The summed E-state index contributed by atoms with van der Waals surface area (Å²) in [5.74, 6) is 2.54. The number of rotatable bonds is 6. The molecule has 1 unspecified atom stereocenters. The van der Waals surface area contributed by atoms with Gasteiger partial charge in [0.05, 0.1) is 18.0 Å². The molecule has 0 bridgehead atoms. The van der Waals surface area contributed by atoms with Crippen LogP contribution in [0.3, 0.4) is 0 Å². The maximum absolute atomic E-state index is 5.98. The van der Waals surface area contributed by atoms with E-state index in [-0.39, 0.29) is 0 Å². The van der Waals surface area contributed by atoms with Crippen molar-refractivity contribution < 1.29 is 4.74 Å². The molecule has 2 fully saturated rings. The Morgan fingerprint density at radius 1 is 1.00 bits per heavy atom. The molecular weight excluding hydrogens is 358 g/mol. The van der Waals surface area contributed by atoms with Crippen LogP contribution in [0.15, 0.2) is 24.3 Å². The first kappa shape index (κ1) is 19.2. The summed E-state index contributed by atoms with van der Waals surface area (Å²) in [6.07, 6.45) is 11.9. The van der Waals surface area contributed by atoms with E-state index in [1.54, 1.807) is 0 Å². The van der Waals surface area contributed by atoms with Crippen molar-refractivity contribution in [2.24, 2.45) is 5.92 Å². The third-order valence-corrected chi connectivity index (χ3v) is 7.46. The van der Waals surface area contributed by atoms with Gasteiger partial charge in [0.15, 0.2) is 0 Å². The number of aromatic nitrogens is 2. The average molecular weight is 394 g/mol. The van der Waals surface area contributed by atoms with Gasteiger partial charge in [-0.25, -0.2) is 4.68 Å². The Balaban J connectivity index is 1.24. The van der Waals surface area contributed by atoms with Gasteiger partial charge in [-0.3, -0.25) is 0 Å². The van der Waals surface area contributed by atoms with E-state index in [2.05, 4.69) is 40.8 Å². The molecule has 5 rings (SSSR count). The van der Waals surface area contributed by atoms with Crippen LogP contribution in [0.25, 0.3) is 5.69 Å². The number of fused-ring (bicyclic) bond motifs is 3. The first-order valence-electron chi connectivity index (χ1n) is 11.8. The second kappa shape index (κ2) is 8.51. The molecule has 2 atom stereocenters. The molecule has 2 heterocycles. The molecule has 2 aromatic rings. The van der Waals surface area contributed by atoms with E-state index in [1.165, 1.54) is 81.4 Å². The van der Waals surface area contributed by atoms with Crippen LogP contribution >= 0.6 is 0 Å². The topological polar surface area (TPSA) is 30.3 Å². The van der Waals surface area contributed by atoms with E-state index in [0.717, 1.165) is 36.9 Å². The predicted octanol–water partition coefficient (Wildman–Crippen LogP) is 5.27. The van der Waals surface area contributed by atoms with E-state index in [0.29, 0.717) is 5.92 Å². The van der Waals surface area contributed by atoms with Gasteiger partial charge in [-0.2, -0.15) is 5.10 Å². The Labute approximate surface area is 175 Å². The summed E-state index contributed by atoms with van der Waals surface area (Å²) in [5.41, 5.74) is 5.42. The van der Waals surface area contributed by atoms with Gasteiger partial charge >= 0.3 is 0 Å². The summed E-state index contributed by atoms with van der Waals surface area (Å²) < 4.78 is 8.16. The Kier molecular flexibility index (Phi) is 5.63. The molecule has 1 aromatic carbocycles. The average Bonchev–Trinajstić information content (AvgIpc) is 3.40. The van der Waals surface area contributed by atoms with E-state index >= 15 is 0 Å². The third-order valence-electron chi connectivity index (χ3n) is 7.46. The molecule has 0 spiro atoms. The molecule has 0 amide bonds. The standard InChI is InChI=1S/C25H35N3O/c1-19-23-14-9-20-7-2-3-8-24(20)25(23)26-28(19)21-10-12-22(13-11-21)29-18-6-17-27-15-4-5-16-27/h10-13,20,24H,2-9,14-18H2,1H3/t20-,24?/m1/s1. The Morgan fingerprint density at radius 2 is 1.79 bits per heavy atom. The first-order valence-corrected chi connectivity index (χ1v) is 11.8. The summed E-state index contributed by atoms with van der Waals surface area (Å²) >= 11 is 0. The molecule has 1 aromatic heterocycles. The summed E-state index contributed by atoms with van der Waals surface area (Å²) in [4.78, 5) is 2.55. The Hall–Kier alpha value is -1.81. The van der Waals surface area contributed by atoms with Crippen LogP contribution in [-0.4, -0.2) is 40.9 Å². The van der Waals surface area contributed by atoms with Crippen LogP contribution in [0.2, 0.25) is 0 Å². The van der Waals surface area contributed by atoms with Gasteiger partial charge < -0.3 is 9.64 Å². The number of hydrogen-bond donors (Lipinski definition) is 0. The number of hydrogen-bond acceptors (Lipinski definition) is 3. The monoisotopic (exact) mass is 393 g/mol. The van der Waals surface area contributed by atoms with Crippen molar-refractivity contribution in [3.8, 4) is 11.4 Å². The van der Waals surface area contributed by atoms with Gasteiger partial charge in [-0.1, -0.05) is 12.8 Å². The molecule has 156 valence electrons. The SMILES string of the molecule is Cc1c2c(nn1-c1ccc(OCCCN3CCCC3)cc1)C1CCCC[C@@H]1CC2. The minimum atomic E-state index is 0.700. The first-order chi connectivity index (χ1) is 14.3. The molecule has 1 aliphatic heterocycles. The normalized spacial score (nSPS) is 24.3. The van der Waals surface area contributed by atoms with Crippen molar-refractivity contribution in [3.63, 3.8) is 0 Å². The lowest BCUT2D eigenvalue weighted by Gasteiger charge is -2.34. The largest absolute Gasteiger partial charge is 0.494 e. The second-order valence-corrected chi connectivity index (χ2v) is 9.30. The van der Waals surface area contributed by atoms with Crippen LogP contribution < -0.4 is 4.74 Å². The van der Waals surface area contributed by atoms with E-state index in [1.807, 2.05) is 0 Å². The number of likely N-dealkylation sites (tertiary alicyclic amines) is 1. The summed E-state index contributed by atoms with van der Waals surface area (Å²) in [6.45, 7) is 6.75. The number of nitrogens with zero attached hydrogens (tertiary/aromatic N) is 3. The van der Waals surface area contributed by atoms with E-state index in [9.17, 15) is 0 Å². The van der Waals surface area contributed by atoms with Crippen molar-refractivity contribution in [2.45, 2.75) is 70.6 Å². The van der Waals surface area contributed by atoms with Gasteiger partial charge in [0.2, 0.25) is 0 Å². The zero-order valence-electron chi connectivity index (χ0n) is 17.9. The van der Waals surface area contributed by atoms with Crippen molar-refractivity contribution in [2.75, 3.05) is 26.2 Å². The summed E-state index contributed by atoms with van der Waals surface area (Å²) in [5, 5.41) is 5.12. The number of benzene rings is 1. The van der Waals surface area contributed by atoms with Gasteiger partial charge in [0.25, 0.3) is 0 Å². The highest BCUT2D eigenvalue weighted by Crippen LogP contribution is 2.45. The van der Waals surface area contributed by atoms with Gasteiger partial charge in [0.1, 0.15) is 5.75 Å². The number of ether oxygens (including phenoxy) is 1. The molecule has 29 heavy (non-hydrogen) atoms. The molecule has 4 nitrogen and oxygen atoms in total. The highest BCUT2D eigenvalue weighted by atomic mass is 16.5. The lowest BCUT2D eigenvalue weighted by atomic mass is 9.70. The van der Waals surface area contributed by atoms with E-state index < -0.39 is 0 Å². The van der Waals surface area contributed by atoms with Crippen LogP contribution in [0.4, 0.5) is 0 Å². The molecule has 1 saturated carbocycles. The Morgan fingerprint density at radius 3 is 2.62 bits per heavy atom. The molecule has 4 heteroatoms.